The maximum Gasteiger partial charge on any atom is 0.335 e. The van der Waals surface area contributed by atoms with Crippen LogP contribution in [0.15, 0.2) is 41.3 Å². The molecule has 0 fully saturated rings. The first-order valence-corrected chi connectivity index (χ1v) is 10.4. The molecule has 2 aromatic rings. The Labute approximate surface area is 163 Å². The maximum absolute atomic E-state index is 13.4. The molecule has 2 aromatic carbocycles. The van der Waals surface area contributed by atoms with Gasteiger partial charge in [0.15, 0.2) is 0 Å². The number of aryl methyl sites for hydroxylation is 1. The van der Waals surface area contributed by atoms with Crippen LogP contribution >= 0.6 is 0 Å². The molecular formula is C20H20N2O5S. The number of sulfonamides is 1. The van der Waals surface area contributed by atoms with Gasteiger partial charge in [-0.05, 0) is 74.2 Å². The molecule has 0 saturated heterocycles. The molecule has 2 N–H and O–H groups in total. The smallest absolute Gasteiger partial charge is 0.335 e. The third-order valence-electron chi connectivity index (χ3n) is 5.47. The first kappa shape index (κ1) is 18.5. The lowest BCUT2D eigenvalue weighted by Gasteiger charge is -2.31. The Hall–Kier alpha value is -2.87. The zero-order valence-corrected chi connectivity index (χ0v) is 16.3. The second kappa shape index (κ2) is 6.07. The highest BCUT2D eigenvalue weighted by atomic mass is 32.2. The molecule has 4 rings (SSSR count). The van der Waals surface area contributed by atoms with Crippen LogP contribution in [-0.4, -0.2) is 31.9 Å². The lowest BCUT2D eigenvalue weighted by atomic mass is 9.86. The van der Waals surface area contributed by atoms with Crippen molar-refractivity contribution < 1.29 is 23.1 Å². The summed E-state index contributed by atoms with van der Waals surface area (Å²) in [6.07, 6.45) is 1.23. The standard InChI is InChI=1S/C20H20N2O5S/c1-20(2)15-11-14(6-7-16(15)21-19(20)25)28(26,27)22-9-3-4-12-10-13(18(23)24)5-8-17(12)22/h5-8,10-11H,3-4,9H2,1-2H3,(H,21,25)(H,23,24). The lowest BCUT2D eigenvalue weighted by Crippen LogP contribution is -2.35. The first-order chi connectivity index (χ1) is 13.1. The van der Waals surface area contributed by atoms with Gasteiger partial charge in [-0.25, -0.2) is 13.2 Å². The Morgan fingerprint density at radius 2 is 1.93 bits per heavy atom. The topological polar surface area (TPSA) is 104 Å². The van der Waals surface area contributed by atoms with Crippen molar-refractivity contribution in [3.63, 3.8) is 0 Å². The molecular weight excluding hydrogens is 380 g/mol. The molecule has 0 unspecified atom stereocenters. The van der Waals surface area contributed by atoms with E-state index in [1.54, 1.807) is 32.0 Å². The summed E-state index contributed by atoms with van der Waals surface area (Å²) in [5.74, 6) is -1.21. The zero-order chi connectivity index (χ0) is 20.3. The fraction of sp³-hybridized carbons (Fsp3) is 0.300. The van der Waals surface area contributed by atoms with Crippen LogP contribution in [0.5, 0.6) is 0 Å². The van der Waals surface area contributed by atoms with E-state index in [4.69, 9.17) is 0 Å². The van der Waals surface area contributed by atoms with Gasteiger partial charge in [0.25, 0.3) is 10.0 Å². The van der Waals surface area contributed by atoms with E-state index in [1.807, 2.05) is 0 Å². The number of carbonyl (C=O) groups excluding carboxylic acids is 1. The highest BCUT2D eigenvalue weighted by molar-refractivity contribution is 7.92. The molecule has 0 saturated carbocycles. The van der Waals surface area contributed by atoms with Crippen LogP contribution in [0, 0.1) is 0 Å². The summed E-state index contributed by atoms with van der Waals surface area (Å²) in [5.41, 5.74) is 1.81. The van der Waals surface area contributed by atoms with Crippen LogP contribution in [0.3, 0.4) is 0 Å². The van der Waals surface area contributed by atoms with Gasteiger partial charge in [-0.2, -0.15) is 0 Å². The van der Waals surface area contributed by atoms with Gasteiger partial charge in [-0.1, -0.05) is 0 Å². The van der Waals surface area contributed by atoms with Crippen molar-refractivity contribution in [2.24, 2.45) is 0 Å². The summed E-state index contributed by atoms with van der Waals surface area (Å²) >= 11 is 0. The van der Waals surface area contributed by atoms with Gasteiger partial charge >= 0.3 is 5.97 Å². The number of aromatic carboxylic acids is 1. The number of nitrogens with zero attached hydrogens (tertiary/aromatic N) is 1. The van der Waals surface area contributed by atoms with Crippen molar-refractivity contribution in [3.8, 4) is 0 Å². The molecule has 28 heavy (non-hydrogen) atoms. The zero-order valence-electron chi connectivity index (χ0n) is 15.5. The molecule has 2 aliphatic rings. The number of nitrogens with one attached hydrogen (secondary N) is 1. The Morgan fingerprint density at radius 3 is 2.64 bits per heavy atom. The molecule has 0 spiro atoms. The first-order valence-electron chi connectivity index (χ1n) is 8.97. The highest BCUT2D eigenvalue weighted by Crippen LogP contribution is 2.40. The lowest BCUT2D eigenvalue weighted by molar-refractivity contribution is -0.119. The fourth-order valence-corrected chi connectivity index (χ4v) is 5.35. The monoisotopic (exact) mass is 400 g/mol. The van der Waals surface area contributed by atoms with Crippen LogP contribution in [0.2, 0.25) is 0 Å². The van der Waals surface area contributed by atoms with E-state index in [-0.39, 0.29) is 16.4 Å². The van der Waals surface area contributed by atoms with Crippen molar-refractivity contribution in [2.45, 2.75) is 37.0 Å². The van der Waals surface area contributed by atoms with Crippen LogP contribution in [-0.2, 0) is 26.7 Å². The number of amides is 1. The normalized spacial score (nSPS) is 17.6. The van der Waals surface area contributed by atoms with Gasteiger partial charge < -0.3 is 10.4 Å². The van der Waals surface area contributed by atoms with Gasteiger partial charge in [0, 0.05) is 12.2 Å². The summed E-state index contributed by atoms with van der Waals surface area (Å²) in [5, 5.41) is 12.0. The minimum absolute atomic E-state index is 0.117. The van der Waals surface area contributed by atoms with Crippen molar-refractivity contribution in [1.82, 2.24) is 0 Å². The second-order valence-corrected chi connectivity index (χ2v) is 9.48. The van der Waals surface area contributed by atoms with E-state index in [2.05, 4.69) is 5.32 Å². The number of carboxylic acid groups (broad SMARTS) is 1. The number of carboxylic acids is 1. The van der Waals surface area contributed by atoms with Crippen LogP contribution in [0.4, 0.5) is 11.4 Å². The molecule has 0 bridgehead atoms. The minimum Gasteiger partial charge on any atom is -0.478 e. The minimum atomic E-state index is -3.85. The molecule has 2 aliphatic heterocycles. The number of carbonyl (C=O) groups is 2. The molecule has 0 atom stereocenters. The number of benzene rings is 2. The number of fused-ring (bicyclic) bond motifs is 2. The summed E-state index contributed by atoms with van der Waals surface area (Å²) in [6, 6.07) is 9.18. The van der Waals surface area contributed by atoms with E-state index in [0.29, 0.717) is 41.9 Å². The quantitative estimate of drug-likeness (QED) is 0.825. The largest absolute Gasteiger partial charge is 0.478 e. The van der Waals surface area contributed by atoms with E-state index >= 15 is 0 Å². The van der Waals surface area contributed by atoms with Crippen LogP contribution in [0.25, 0.3) is 0 Å². The fourth-order valence-electron chi connectivity index (χ4n) is 3.78. The summed E-state index contributed by atoms with van der Waals surface area (Å²) in [4.78, 5) is 23.5. The Bertz CT molecular complexity index is 1120. The number of rotatable bonds is 3. The third kappa shape index (κ3) is 2.67. The summed E-state index contributed by atoms with van der Waals surface area (Å²) in [6.45, 7) is 3.84. The van der Waals surface area contributed by atoms with Gasteiger partial charge in [-0.3, -0.25) is 9.10 Å². The van der Waals surface area contributed by atoms with E-state index in [0.717, 1.165) is 0 Å². The predicted molar refractivity (Wildman–Crippen MR) is 104 cm³/mol. The van der Waals surface area contributed by atoms with Gasteiger partial charge in [-0.15, -0.1) is 0 Å². The molecule has 0 aromatic heterocycles. The van der Waals surface area contributed by atoms with Gasteiger partial charge in [0.1, 0.15) is 0 Å². The molecule has 146 valence electrons. The second-order valence-electron chi connectivity index (χ2n) is 7.62. The van der Waals surface area contributed by atoms with E-state index < -0.39 is 21.4 Å². The average Bonchev–Trinajstić information content (AvgIpc) is 2.89. The van der Waals surface area contributed by atoms with Crippen LogP contribution in [0.1, 0.15) is 41.8 Å². The van der Waals surface area contributed by atoms with Crippen molar-refractivity contribution in [2.75, 3.05) is 16.2 Å². The van der Waals surface area contributed by atoms with Crippen molar-refractivity contribution in [1.29, 1.82) is 0 Å². The van der Waals surface area contributed by atoms with Crippen LogP contribution < -0.4 is 9.62 Å². The summed E-state index contributed by atoms with van der Waals surface area (Å²) < 4.78 is 28.1. The molecule has 8 heteroatoms. The number of anilines is 2. The van der Waals surface area contributed by atoms with Crippen molar-refractivity contribution >= 4 is 33.3 Å². The predicted octanol–water partition coefficient (Wildman–Crippen LogP) is 2.76. The highest BCUT2D eigenvalue weighted by Gasteiger charge is 2.40. The van der Waals surface area contributed by atoms with E-state index in [1.165, 1.54) is 22.5 Å². The Kier molecular flexibility index (Phi) is 4.01. The Morgan fingerprint density at radius 1 is 1.18 bits per heavy atom. The summed E-state index contributed by atoms with van der Waals surface area (Å²) in [7, 11) is -3.85. The molecule has 1 amide bonds. The number of hydrogen-bond acceptors (Lipinski definition) is 4. The SMILES string of the molecule is CC1(C)C(=O)Nc2ccc(S(=O)(=O)N3CCCc4cc(C(=O)O)ccc43)cc21. The third-order valence-corrected chi connectivity index (χ3v) is 7.28. The molecule has 2 heterocycles. The maximum atomic E-state index is 13.4. The average molecular weight is 400 g/mol. The van der Waals surface area contributed by atoms with Crippen molar-refractivity contribution in [3.05, 3.63) is 53.1 Å². The molecule has 0 aliphatic carbocycles. The van der Waals surface area contributed by atoms with Gasteiger partial charge in [0.2, 0.25) is 5.91 Å². The van der Waals surface area contributed by atoms with E-state index in [9.17, 15) is 23.1 Å². The molecule has 0 radical (unpaired) electrons. The number of hydrogen-bond donors (Lipinski definition) is 2. The van der Waals surface area contributed by atoms with Gasteiger partial charge in [0.05, 0.1) is 21.6 Å². The molecule has 7 nitrogen and oxygen atoms in total. The Balaban J connectivity index is 1.79.